The van der Waals surface area contributed by atoms with Gasteiger partial charge in [0.05, 0.1) is 11.6 Å². The summed E-state index contributed by atoms with van der Waals surface area (Å²) in [5.74, 6) is 0. The first-order chi connectivity index (χ1) is 8.93. The molecule has 4 heteroatoms. The zero-order valence-electron chi connectivity index (χ0n) is 11.3. The Morgan fingerprint density at radius 1 is 1.37 bits per heavy atom. The number of carbonyl (C=O) groups excluding carboxylic acids is 1. The molecule has 1 amide bonds. The van der Waals surface area contributed by atoms with Crippen molar-refractivity contribution in [3.63, 3.8) is 0 Å². The zero-order chi connectivity index (χ0) is 14.0. The van der Waals surface area contributed by atoms with Gasteiger partial charge in [0, 0.05) is 17.3 Å². The third-order valence-corrected chi connectivity index (χ3v) is 3.26. The summed E-state index contributed by atoms with van der Waals surface area (Å²) in [4.78, 5) is 15.0. The molecule has 0 aliphatic carbocycles. The third kappa shape index (κ3) is 2.74. The summed E-state index contributed by atoms with van der Waals surface area (Å²) >= 11 is 0. The molecule has 2 aromatic rings. The smallest absolute Gasteiger partial charge is 0.207 e. The van der Waals surface area contributed by atoms with Crippen LogP contribution >= 0.6 is 0 Å². The Morgan fingerprint density at radius 2 is 2.11 bits per heavy atom. The van der Waals surface area contributed by atoms with Crippen molar-refractivity contribution >= 4 is 17.2 Å². The van der Waals surface area contributed by atoms with Gasteiger partial charge in [0.15, 0.2) is 0 Å². The second-order valence-corrected chi connectivity index (χ2v) is 5.25. The molecule has 2 rings (SSSR count). The average Bonchev–Trinajstić information content (AvgIpc) is 2.34. The van der Waals surface area contributed by atoms with Crippen molar-refractivity contribution in [2.45, 2.75) is 32.4 Å². The maximum Gasteiger partial charge on any atom is 0.207 e. The van der Waals surface area contributed by atoms with E-state index in [-0.39, 0.29) is 0 Å². The van der Waals surface area contributed by atoms with Crippen LogP contribution in [0.1, 0.15) is 31.1 Å². The molecule has 0 radical (unpaired) electrons. The molecule has 0 bridgehead atoms. The van der Waals surface area contributed by atoms with E-state index in [9.17, 15) is 9.90 Å². The summed E-state index contributed by atoms with van der Waals surface area (Å²) in [6.07, 6.45) is 2.37. The lowest BCUT2D eigenvalue weighted by molar-refractivity contribution is -0.112. The zero-order valence-corrected chi connectivity index (χ0v) is 11.3. The Kier molecular flexibility index (Phi) is 3.53. The number of amides is 1. The van der Waals surface area contributed by atoms with Gasteiger partial charge < -0.3 is 10.4 Å². The van der Waals surface area contributed by atoms with Crippen LogP contribution in [0.25, 0.3) is 10.8 Å². The molecule has 2 N–H and O–H groups in total. The van der Waals surface area contributed by atoms with E-state index in [0.29, 0.717) is 6.41 Å². The highest BCUT2D eigenvalue weighted by atomic mass is 16.3. The first kappa shape index (κ1) is 13.5. The predicted octanol–water partition coefficient (Wildman–Crippen LogP) is 2.10. The molecule has 0 saturated heterocycles. The van der Waals surface area contributed by atoms with Crippen LogP contribution in [-0.4, -0.2) is 22.1 Å². The number of aliphatic hydroxyl groups is 1. The van der Waals surface area contributed by atoms with Crippen molar-refractivity contribution in [1.82, 2.24) is 10.3 Å². The molecule has 0 saturated carbocycles. The third-order valence-electron chi connectivity index (χ3n) is 3.26. The predicted molar refractivity (Wildman–Crippen MR) is 74.7 cm³/mol. The van der Waals surface area contributed by atoms with E-state index >= 15 is 0 Å². The van der Waals surface area contributed by atoms with Crippen molar-refractivity contribution in [2.75, 3.05) is 0 Å². The number of fused-ring (bicyclic) bond motifs is 1. The van der Waals surface area contributed by atoms with E-state index in [1.54, 1.807) is 20.0 Å². The van der Waals surface area contributed by atoms with Crippen LogP contribution in [-0.2, 0) is 4.79 Å². The summed E-state index contributed by atoms with van der Waals surface area (Å²) in [7, 11) is 0. The van der Waals surface area contributed by atoms with Gasteiger partial charge in [-0.15, -0.1) is 0 Å². The number of nitrogens with zero attached hydrogens (tertiary/aromatic N) is 1. The van der Waals surface area contributed by atoms with Crippen LogP contribution in [0.4, 0.5) is 0 Å². The van der Waals surface area contributed by atoms with Crippen molar-refractivity contribution in [2.24, 2.45) is 0 Å². The summed E-state index contributed by atoms with van der Waals surface area (Å²) in [6.45, 7) is 5.31. The Balaban J connectivity index is 2.52. The fourth-order valence-electron chi connectivity index (χ4n) is 2.30. The number of aromatic nitrogens is 1. The Labute approximate surface area is 112 Å². The minimum absolute atomic E-state index is 0.442. The van der Waals surface area contributed by atoms with Crippen LogP contribution in [0.5, 0.6) is 0 Å². The Morgan fingerprint density at radius 3 is 2.74 bits per heavy atom. The number of rotatable bonds is 4. The standard InChI is InChI=1S/C15H18N2O2/c1-10-13-5-4-12(8-11(13)6-7-16-10)14(17-9-18)15(2,3)19/h4-9,14,19H,1-3H3,(H,17,18). The molecule has 19 heavy (non-hydrogen) atoms. The lowest BCUT2D eigenvalue weighted by atomic mass is 9.90. The van der Waals surface area contributed by atoms with E-state index in [0.717, 1.165) is 22.0 Å². The molecule has 0 spiro atoms. The molecule has 1 heterocycles. The van der Waals surface area contributed by atoms with Gasteiger partial charge in [-0.1, -0.05) is 12.1 Å². The first-order valence-corrected chi connectivity index (χ1v) is 6.21. The molecule has 0 aliphatic heterocycles. The quantitative estimate of drug-likeness (QED) is 0.826. The van der Waals surface area contributed by atoms with Gasteiger partial charge in [-0.3, -0.25) is 9.78 Å². The number of benzene rings is 1. The molecule has 100 valence electrons. The molecule has 0 fully saturated rings. The average molecular weight is 258 g/mol. The van der Waals surface area contributed by atoms with Gasteiger partial charge in [0.2, 0.25) is 6.41 Å². The van der Waals surface area contributed by atoms with Crippen LogP contribution in [0.3, 0.4) is 0 Å². The van der Waals surface area contributed by atoms with E-state index in [1.165, 1.54) is 0 Å². The van der Waals surface area contributed by atoms with Gasteiger partial charge in [0.25, 0.3) is 0 Å². The summed E-state index contributed by atoms with van der Waals surface area (Å²) < 4.78 is 0. The largest absolute Gasteiger partial charge is 0.388 e. The lowest BCUT2D eigenvalue weighted by Gasteiger charge is -2.29. The molecule has 0 aliphatic rings. The van der Waals surface area contributed by atoms with Crippen LogP contribution < -0.4 is 5.32 Å². The first-order valence-electron chi connectivity index (χ1n) is 6.21. The van der Waals surface area contributed by atoms with Crippen molar-refractivity contribution < 1.29 is 9.90 Å². The maximum atomic E-state index is 10.7. The maximum absolute atomic E-state index is 10.7. The monoisotopic (exact) mass is 258 g/mol. The number of carbonyl (C=O) groups is 1. The minimum Gasteiger partial charge on any atom is -0.388 e. The number of aryl methyl sites for hydroxylation is 1. The van der Waals surface area contributed by atoms with Gasteiger partial charge in [-0.05, 0) is 43.9 Å². The highest BCUT2D eigenvalue weighted by molar-refractivity contribution is 5.85. The van der Waals surface area contributed by atoms with Gasteiger partial charge in [-0.25, -0.2) is 0 Å². The van der Waals surface area contributed by atoms with Gasteiger partial charge in [-0.2, -0.15) is 0 Å². The SMILES string of the molecule is Cc1nccc2cc(C(NC=O)C(C)(C)O)ccc12. The molecular weight excluding hydrogens is 240 g/mol. The van der Waals surface area contributed by atoms with Crippen molar-refractivity contribution in [3.05, 3.63) is 41.7 Å². The molecule has 4 nitrogen and oxygen atoms in total. The fraction of sp³-hybridized carbons (Fsp3) is 0.333. The molecular formula is C15H18N2O2. The second-order valence-electron chi connectivity index (χ2n) is 5.25. The van der Waals surface area contributed by atoms with Crippen molar-refractivity contribution in [3.8, 4) is 0 Å². The highest BCUT2D eigenvalue weighted by Gasteiger charge is 2.28. The molecule has 1 aromatic carbocycles. The topological polar surface area (TPSA) is 62.2 Å². The lowest BCUT2D eigenvalue weighted by Crippen LogP contribution is -2.38. The van der Waals surface area contributed by atoms with Crippen LogP contribution in [0.2, 0.25) is 0 Å². The van der Waals surface area contributed by atoms with E-state index in [4.69, 9.17) is 0 Å². The van der Waals surface area contributed by atoms with E-state index in [2.05, 4.69) is 10.3 Å². The molecule has 1 unspecified atom stereocenters. The highest BCUT2D eigenvalue weighted by Crippen LogP contribution is 2.28. The van der Waals surface area contributed by atoms with Crippen LogP contribution in [0, 0.1) is 6.92 Å². The number of hydrogen-bond acceptors (Lipinski definition) is 3. The number of hydrogen-bond donors (Lipinski definition) is 2. The van der Waals surface area contributed by atoms with E-state index < -0.39 is 11.6 Å². The fourth-order valence-corrected chi connectivity index (χ4v) is 2.30. The molecule has 1 aromatic heterocycles. The normalized spacial score (nSPS) is 13.3. The van der Waals surface area contributed by atoms with E-state index in [1.807, 2.05) is 31.2 Å². The number of pyridine rings is 1. The van der Waals surface area contributed by atoms with Gasteiger partial charge in [0.1, 0.15) is 0 Å². The Hall–Kier alpha value is -1.94. The Bertz CT molecular complexity index is 603. The van der Waals surface area contributed by atoms with Crippen molar-refractivity contribution in [1.29, 1.82) is 0 Å². The molecule has 1 atom stereocenters. The van der Waals surface area contributed by atoms with Gasteiger partial charge >= 0.3 is 0 Å². The minimum atomic E-state index is -1.03. The summed E-state index contributed by atoms with van der Waals surface area (Å²) in [5.41, 5.74) is 0.807. The summed E-state index contributed by atoms with van der Waals surface area (Å²) in [5, 5.41) is 15.0. The second kappa shape index (κ2) is 4.97. The number of nitrogens with one attached hydrogen (secondary N) is 1. The summed E-state index contributed by atoms with van der Waals surface area (Å²) in [6, 6.07) is 7.34. The van der Waals surface area contributed by atoms with Crippen LogP contribution in [0.15, 0.2) is 30.5 Å².